The van der Waals surface area contributed by atoms with Gasteiger partial charge in [-0.05, 0) is 395 Å². The van der Waals surface area contributed by atoms with E-state index in [2.05, 4.69) is 389 Å². The maximum absolute atomic E-state index is 5.39. The van der Waals surface area contributed by atoms with Crippen LogP contribution < -0.4 is 9.80 Å². The fourth-order valence-electron chi connectivity index (χ4n) is 27.3. The number of anilines is 2. The van der Waals surface area contributed by atoms with Crippen molar-refractivity contribution in [1.82, 2.24) is 44.1 Å². The van der Waals surface area contributed by atoms with Crippen LogP contribution in [0.2, 0.25) is 0 Å². The average molecular weight is 1830 g/mol. The predicted molar refractivity (Wildman–Crippen MR) is 573 cm³/mol. The van der Waals surface area contributed by atoms with Crippen LogP contribution in [-0.2, 0) is 30.4 Å². The Labute approximate surface area is 817 Å². The summed E-state index contributed by atoms with van der Waals surface area (Å²) >= 11 is 2.13. The summed E-state index contributed by atoms with van der Waals surface area (Å²) in [5, 5.41) is 0. The van der Waals surface area contributed by atoms with E-state index >= 15 is 0 Å². The van der Waals surface area contributed by atoms with E-state index in [1.54, 1.807) is 22.3 Å². The van der Waals surface area contributed by atoms with Crippen molar-refractivity contribution >= 4 is 35.3 Å². The van der Waals surface area contributed by atoms with Crippen molar-refractivity contribution in [3.8, 4) is 0 Å². The number of likely N-dealkylation sites (N-methyl/N-ethyl adjacent to an activating group) is 3. The highest BCUT2D eigenvalue weighted by atomic mass is 32.2. The SMILES string of the molecule is CC1C2CCCCC2CCN1C.CC1C=Cc2ccccc2N1C.CC1CC2CCCCC2N1C.CC1CC2CCc3ccccc3C2N1C.CC1CC2CCc3ccccc3C2N1C.CC1CC2COCC2N1C.CC1CC2CSCC2N1C.CC1CCC2CCCCC2N1C.CC1CCc2ccccc2N1C.CC1c2ccccc2C=CN1C.CC1c2ccccc2CCN1C. The molecule has 13 heterocycles. The molecule has 9 saturated heterocycles. The van der Waals surface area contributed by atoms with E-state index in [1.165, 1.54) is 243 Å². The first-order chi connectivity index (χ1) is 64.1. The first kappa shape index (κ1) is 103. The van der Waals surface area contributed by atoms with E-state index < -0.39 is 0 Å². The van der Waals surface area contributed by atoms with E-state index in [0.29, 0.717) is 36.3 Å². The Balaban J connectivity index is 0.000000118. The van der Waals surface area contributed by atoms with E-state index in [4.69, 9.17) is 4.74 Å². The van der Waals surface area contributed by atoms with Gasteiger partial charge in [-0.3, -0.25) is 24.5 Å². The third-order valence-electron chi connectivity index (χ3n) is 37.5. The normalized spacial score (nSPS) is 34.7. The van der Waals surface area contributed by atoms with Crippen LogP contribution in [0.3, 0.4) is 0 Å². The third kappa shape index (κ3) is 25.3. The first-order valence-electron chi connectivity index (χ1n) is 54.0. The Kier molecular flexibility index (Phi) is 37.9. The molecule has 6 aromatic carbocycles. The second-order valence-corrected chi connectivity index (χ2v) is 46.3. The Morgan fingerprint density at radius 1 is 0.301 bits per heavy atom. The van der Waals surface area contributed by atoms with Crippen LogP contribution in [0.15, 0.2) is 158 Å². The number of thioether (sulfide) groups is 1. The molecule has 13 heteroatoms. The predicted octanol–water partition coefficient (Wildman–Crippen LogP) is 25.5. The van der Waals surface area contributed by atoms with Gasteiger partial charge in [0.25, 0.3) is 0 Å². The zero-order valence-corrected chi connectivity index (χ0v) is 88.5. The maximum Gasteiger partial charge on any atom is 0.0625 e. The van der Waals surface area contributed by atoms with Crippen LogP contribution in [0.4, 0.5) is 11.4 Å². The largest absolute Gasteiger partial charge is 0.379 e. The highest BCUT2D eigenvalue weighted by Crippen LogP contribution is 2.50. The number of piperidine rings is 2. The number of hydrogen-bond acceptors (Lipinski definition) is 13. The highest BCUT2D eigenvalue weighted by Gasteiger charge is 2.45. The molecule has 0 aromatic heterocycles. The second-order valence-electron chi connectivity index (χ2n) is 45.2. The average Bonchev–Trinajstić information content (AvgIpc) is 1.63. The van der Waals surface area contributed by atoms with Crippen molar-refractivity contribution < 1.29 is 4.74 Å². The number of rotatable bonds is 0. The van der Waals surface area contributed by atoms with Gasteiger partial charge in [0.1, 0.15) is 0 Å². The number of ether oxygens (including phenoxy) is 1. The molecule has 25 atom stereocenters. The molecule has 12 fully saturated rings. The summed E-state index contributed by atoms with van der Waals surface area (Å²) in [6.45, 7) is 30.0. The Hall–Kier alpha value is -5.81. The molecule has 0 N–H and O–H groups in total. The van der Waals surface area contributed by atoms with Gasteiger partial charge in [0, 0.05) is 147 Å². The summed E-state index contributed by atoms with van der Waals surface area (Å²) < 4.78 is 5.39. The molecule has 0 spiro atoms. The summed E-state index contributed by atoms with van der Waals surface area (Å²) in [7, 11) is 24.6. The molecular formula is C120H185N11OS. The summed E-state index contributed by atoms with van der Waals surface area (Å²) in [5.74, 6) is 10.6. The first-order valence-corrected chi connectivity index (χ1v) is 55.2. The molecule has 0 radical (unpaired) electrons. The fraction of sp³-hybridized carbons (Fsp3) is 0.667. The van der Waals surface area contributed by atoms with Crippen molar-refractivity contribution in [1.29, 1.82) is 0 Å². The van der Waals surface area contributed by atoms with Crippen LogP contribution in [0.5, 0.6) is 0 Å². The van der Waals surface area contributed by atoms with Gasteiger partial charge in [-0.25, -0.2) is 0 Å². The van der Waals surface area contributed by atoms with Gasteiger partial charge in [-0.15, -0.1) is 0 Å². The van der Waals surface area contributed by atoms with Crippen LogP contribution in [0, 0.1) is 47.3 Å². The fourth-order valence-corrected chi connectivity index (χ4v) is 28.9. The molecule has 12 nitrogen and oxygen atoms in total. The van der Waals surface area contributed by atoms with Gasteiger partial charge in [0.05, 0.1) is 19.3 Å². The monoisotopic (exact) mass is 1830 g/mol. The minimum absolute atomic E-state index is 0.506. The molecule has 25 unspecified atom stereocenters. The molecule has 732 valence electrons. The molecule has 0 amide bonds. The number of fused-ring (bicyclic) bond motifs is 15. The molecule has 133 heavy (non-hydrogen) atoms. The van der Waals surface area contributed by atoms with Crippen molar-refractivity contribution in [2.75, 3.05) is 125 Å². The van der Waals surface area contributed by atoms with Crippen molar-refractivity contribution in [2.24, 2.45) is 47.3 Å². The molecule has 5 aliphatic carbocycles. The lowest BCUT2D eigenvalue weighted by Gasteiger charge is -2.45. The van der Waals surface area contributed by atoms with Gasteiger partial charge < -0.3 is 34.1 Å². The van der Waals surface area contributed by atoms with Gasteiger partial charge in [0.2, 0.25) is 0 Å². The summed E-state index contributed by atoms with van der Waals surface area (Å²) in [6.07, 6.45) is 47.0. The maximum atomic E-state index is 5.39. The lowest BCUT2D eigenvalue weighted by Crippen LogP contribution is -2.48. The van der Waals surface area contributed by atoms with Crippen molar-refractivity contribution in [3.05, 3.63) is 214 Å². The molecule has 24 rings (SSSR count). The quantitative estimate of drug-likeness (QED) is 0.145. The molecular weight excluding hydrogens is 1640 g/mol. The smallest absolute Gasteiger partial charge is 0.0625 e. The van der Waals surface area contributed by atoms with E-state index in [9.17, 15) is 0 Å². The topological polar surface area (TPSA) is 44.9 Å². The van der Waals surface area contributed by atoms with Crippen LogP contribution in [-0.4, -0.2) is 238 Å². The summed E-state index contributed by atoms with van der Waals surface area (Å²) in [4.78, 5) is 27.2. The zero-order valence-electron chi connectivity index (χ0n) is 87.7. The molecule has 6 aromatic rings. The lowest BCUT2D eigenvalue weighted by molar-refractivity contribution is 0.0447. The molecule has 3 saturated carbocycles. The summed E-state index contributed by atoms with van der Waals surface area (Å²) in [6, 6.07) is 65.4. The van der Waals surface area contributed by atoms with Gasteiger partial charge in [-0.2, -0.15) is 11.8 Å². The number of para-hydroxylation sites is 2. The van der Waals surface area contributed by atoms with Crippen LogP contribution in [0.25, 0.3) is 12.2 Å². The van der Waals surface area contributed by atoms with Crippen molar-refractivity contribution in [2.45, 2.75) is 352 Å². The zero-order chi connectivity index (χ0) is 94.3. The standard InChI is InChI=1S/2C14H19N.C11H21N.C11H15N.C11H13N.C11H21N.C11H15N.C11H13N.C10H19N.C8H15NO.C8H15NS/c2*1-10-9-12-8-7-11-5-3-4-6-13(11)14(12)15(10)2;3*1-9-11-6-4-3-5-10(11)7-8-12(9)2;3*1-9-7-8-10-5-3-4-6-11(10)12(9)2;1-8-7-9-5-3-4-6-10(9)11(8)2;2*1-6-3-7-4-10-5-8(7)9(6)2/h2*3-6,10,12,14H,7-9H2,1-2H3;9-11H,3-8H2,1-2H3;3-6,9H,7-8H2,1-2H3;3-9H,1-2H3;9-11H,3-8H2,1-2H3;3-6,9H,7-8H2,1-2H3;3-9H,1-2H3;8-10H,3-7H2,1-2H3;2*6-8H,3-5H2,1-2H3. The Morgan fingerprint density at radius 3 is 1.39 bits per heavy atom. The van der Waals surface area contributed by atoms with E-state index in [1.807, 2.05) is 0 Å². The number of benzene rings is 6. The Bertz CT molecular complexity index is 4310. The lowest BCUT2D eigenvalue weighted by atomic mass is 9.71. The molecule has 0 bridgehead atoms. The minimum Gasteiger partial charge on any atom is -0.379 e. The van der Waals surface area contributed by atoms with Crippen LogP contribution >= 0.6 is 11.8 Å². The van der Waals surface area contributed by atoms with Gasteiger partial charge >= 0.3 is 0 Å². The van der Waals surface area contributed by atoms with Crippen LogP contribution in [0.1, 0.15) is 304 Å². The second kappa shape index (κ2) is 48.9. The third-order valence-corrected chi connectivity index (χ3v) is 38.8. The number of aryl methyl sites for hydroxylation is 3. The van der Waals surface area contributed by atoms with Crippen molar-refractivity contribution in [3.63, 3.8) is 0 Å². The molecule has 13 aliphatic heterocycles. The number of hydrogen-bond donors (Lipinski definition) is 0. The number of likely N-dealkylation sites (tertiary alicyclic amines) is 7. The minimum atomic E-state index is 0.506. The molecule has 18 aliphatic rings. The number of nitrogens with zero attached hydrogens (tertiary/aromatic N) is 11. The van der Waals surface area contributed by atoms with Gasteiger partial charge in [-0.1, -0.05) is 191 Å². The van der Waals surface area contributed by atoms with Gasteiger partial charge in [0.15, 0.2) is 0 Å². The summed E-state index contributed by atoms with van der Waals surface area (Å²) in [5.41, 5.74) is 17.7. The van der Waals surface area contributed by atoms with E-state index in [0.717, 1.165) is 127 Å². The Morgan fingerprint density at radius 2 is 0.774 bits per heavy atom. The van der Waals surface area contributed by atoms with E-state index in [-0.39, 0.29) is 0 Å². The highest BCUT2D eigenvalue weighted by molar-refractivity contribution is 7.99.